The van der Waals surface area contributed by atoms with Gasteiger partial charge in [-0.1, -0.05) is 0 Å². The second kappa shape index (κ2) is 11.9. The Hall–Kier alpha value is -2.81. The van der Waals surface area contributed by atoms with Gasteiger partial charge in [0.2, 0.25) is 0 Å². The number of carbonyl (C=O) groups excluding carboxylic acids is 3. The highest BCUT2D eigenvalue weighted by Gasteiger charge is 2.21. The van der Waals surface area contributed by atoms with E-state index in [9.17, 15) is 14.4 Å². The predicted octanol–water partition coefficient (Wildman–Crippen LogP) is 0.148. The van der Waals surface area contributed by atoms with Crippen molar-refractivity contribution in [2.45, 2.75) is 27.3 Å². The van der Waals surface area contributed by atoms with Crippen molar-refractivity contribution in [1.82, 2.24) is 10.2 Å². The lowest BCUT2D eigenvalue weighted by molar-refractivity contribution is -0.882. The van der Waals surface area contributed by atoms with Gasteiger partial charge < -0.3 is 24.0 Å². The Balaban J connectivity index is 2.70. The minimum atomic E-state index is -0.777. The van der Waals surface area contributed by atoms with Crippen LogP contribution in [-0.2, 0) is 20.9 Å². The van der Waals surface area contributed by atoms with Crippen LogP contribution in [0.25, 0.3) is 0 Å². The van der Waals surface area contributed by atoms with Crippen LogP contribution in [0.3, 0.4) is 0 Å². The Kier molecular flexibility index (Phi) is 9.94. The minimum absolute atomic E-state index is 0.00425. The first-order chi connectivity index (χ1) is 13.7. The smallest absolute Gasteiger partial charge is 0.414 e. The van der Waals surface area contributed by atoms with Gasteiger partial charge in [0.1, 0.15) is 0 Å². The normalized spacial score (nSPS) is 11.4. The van der Waals surface area contributed by atoms with Gasteiger partial charge in [-0.15, -0.1) is 0 Å². The van der Waals surface area contributed by atoms with E-state index in [4.69, 9.17) is 9.47 Å². The topological polar surface area (TPSA) is 98.6 Å². The number of alkyl carbamates (subject to hydrolysis) is 1. The number of nitrogens with one attached hydrogen (secondary N) is 2. The van der Waals surface area contributed by atoms with E-state index >= 15 is 0 Å². The van der Waals surface area contributed by atoms with E-state index in [1.54, 1.807) is 33.1 Å². The zero-order valence-corrected chi connectivity index (χ0v) is 18.1. The number of carbonyl (C=O) groups is 3. The van der Waals surface area contributed by atoms with E-state index in [1.165, 1.54) is 0 Å². The molecule has 0 aliphatic rings. The number of amides is 3. The molecule has 0 radical (unpaired) electrons. The summed E-state index contributed by atoms with van der Waals surface area (Å²) >= 11 is 0. The number of nitrogens with zero attached hydrogens (tertiary/aromatic N) is 1. The van der Waals surface area contributed by atoms with Gasteiger partial charge in [0, 0.05) is 13.6 Å². The van der Waals surface area contributed by atoms with Crippen LogP contribution in [0.5, 0.6) is 11.5 Å². The van der Waals surface area contributed by atoms with Gasteiger partial charge in [-0.25, -0.2) is 4.79 Å². The van der Waals surface area contributed by atoms with E-state index < -0.39 is 12.0 Å². The fraction of sp³-hybridized carbons (Fsp3) is 0.550. The number of likely N-dealkylation sites (N-methyl/N-ethyl adjacent to an activating group) is 2. The van der Waals surface area contributed by atoms with Gasteiger partial charge in [0.05, 0.1) is 27.4 Å². The van der Waals surface area contributed by atoms with Crippen molar-refractivity contribution in [3.63, 3.8) is 0 Å². The monoisotopic (exact) mass is 410 g/mol. The molecule has 3 amide bonds. The van der Waals surface area contributed by atoms with Crippen LogP contribution in [0.2, 0.25) is 0 Å². The summed E-state index contributed by atoms with van der Waals surface area (Å²) in [6.07, 6.45) is -0.777. The molecule has 1 rings (SSSR count). The number of hydrogen-bond acceptors (Lipinski definition) is 6. The van der Waals surface area contributed by atoms with Crippen molar-refractivity contribution in [2.24, 2.45) is 0 Å². The third-order valence-electron chi connectivity index (χ3n) is 4.50. The van der Waals surface area contributed by atoms with E-state index in [-0.39, 0.29) is 25.6 Å². The van der Waals surface area contributed by atoms with Crippen LogP contribution in [-0.4, -0.2) is 70.3 Å². The Morgan fingerprint density at radius 3 is 2.24 bits per heavy atom. The second-order valence-electron chi connectivity index (χ2n) is 6.61. The summed E-state index contributed by atoms with van der Waals surface area (Å²) in [6.45, 7) is 6.75. The molecule has 0 aromatic heterocycles. The Bertz CT molecular complexity index is 722. The van der Waals surface area contributed by atoms with Crippen molar-refractivity contribution >= 4 is 17.9 Å². The number of imide groups is 1. The quantitative estimate of drug-likeness (QED) is 0.570. The van der Waals surface area contributed by atoms with Crippen LogP contribution in [0.1, 0.15) is 25.0 Å². The predicted molar refractivity (Wildman–Crippen MR) is 107 cm³/mol. The molecule has 9 nitrogen and oxygen atoms in total. The molecule has 0 saturated heterocycles. The molecule has 0 bridgehead atoms. The van der Waals surface area contributed by atoms with E-state index in [0.717, 1.165) is 16.0 Å². The summed E-state index contributed by atoms with van der Waals surface area (Å²) in [4.78, 5) is 38.2. The molecule has 0 heterocycles. The number of methoxy groups -OCH3 is 2. The number of aryl methyl sites for hydroxylation is 1. The molecule has 0 aliphatic carbocycles. The van der Waals surface area contributed by atoms with Crippen molar-refractivity contribution in [3.8, 4) is 11.5 Å². The summed E-state index contributed by atoms with van der Waals surface area (Å²) < 4.78 is 15.3. The van der Waals surface area contributed by atoms with Crippen LogP contribution in [0.4, 0.5) is 4.79 Å². The van der Waals surface area contributed by atoms with Gasteiger partial charge >= 0.3 is 6.09 Å². The Labute approximate surface area is 171 Å². The molecule has 0 spiro atoms. The largest absolute Gasteiger partial charge is 0.493 e. The maximum atomic E-state index is 12.6. The second-order valence-corrected chi connectivity index (χ2v) is 6.61. The summed E-state index contributed by atoms with van der Waals surface area (Å²) in [6, 6.07) is 3.73. The van der Waals surface area contributed by atoms with E-state index in [2.05, 4.69) is 10.1 Å². The van der Waals surface area contributed by atoms with Crippen LogP contribution >= 0.6 is 0 Å². The van der Waals surface area contributed by atoms with Crippen molar-refractivity contribution < 1.29 is 33.5 Å². The molecule has 162 valence electrons. The standard InChI is InChI=1S/C20H31N3O6/c1-7-23(12-18(24)21-20(26)29-8-2)13-19(25)22(4)11-15-10-17(28-6)16(27-5)9-14(15)3/h9-10H,7-8,11-13H2,1-6H3,(H,21,24,26)/p+1. The first kappa shape index (κ1) is 24.2. The number of benzene rings is 1. The van der Waals surface area contributed by atoms with Gasteiger partial charge in [-0.05, 0) is 44.0 Å². The van der Waals surface area contributed by atoms with Crippen LogP contribution in [0.15, 0.2) is 12.1 Å². The maximum Gasteiger partial charge on any atom is 0.414 e. The molecule has 0 saturated carbocycles. The lowest BCUT2D eigenvalue weighted by Gasteiger charge is -2.22. The number of quaternary nitrogens is 1. The highest BCUT2D eigenvalue weighted by atomic mass is 16.5. The van der Waals surface area contributed by atoms with Crippen molar-refractivity contribution in [2.75, 3.05) is 47.5 Å². The third kappa shape index (κ3) is 7.61. The minimum Gasteiger partial charge on any atom is -0.493 e. The summed E-state index contributed by atoms with van der Waals surface area (Å²) in [5, 5.41) is 2.15. The van der Waals surface area contributed by atoms with Gasteiger partial charge in [-0.2, -0.15) is 0 Å². The number of rotatable bonds is 10. The molecule has 0 aliphatic heterocycles. The fourth-order valence-corrected chi connectivity index (χ4v) is 2.75. The molecule has 9 heteroatoms. The average Bonchev–Trinajstić information content (AvgIpc) is 2.68. The van der Waals surface area contributed by atoms with Crippen molar-refractivity contribution in [3.05, 3.63) is 23.3 Å². The van der Waals surface area contributed by atoms with Gasteiger partial charge in [-0.3, -0.25) is 14.9 Å². The molecular weight excluding hydrogens is 378 g/mol. The van der Waals surface area contributed by atoms with Crippen molar-refractivity contribution in [1.29, 1.82) is 0 Å². The molecule has 0 fully saturated rings. The van der Waals surface area contributed by atoms with E-state index in [0.29, 0.717) is 24.6 Å². The maximum absolute atomic E-state index is 12.6. The fourth-order valence-electron chi connectivity index (χ4n) is 2.75. The molecule has 1 unspecified atom stereocenters. The number of hydrogen-bond donors (Lipinski definition) is 2. The average molecular weight is 410 g/mol. The first-order valence-electron chi connectivity index (χ1n) is 9.51. The molecule has 1 aromatic carbocycles. The third-order valence-corrected chi connectivity index (χ3v) is 4.50. The van der Waals surface area contributed by atoms with E-state index in [1.807, 2.05) is 26.0 Å². The summed E-state index contributed by atoms with van der Waals surface area (Å²) in [5.41, 5.74) is 1.92. The Morgan fingerprint density at radius 2 is 1.69 bits per heavy atom. The van der Waals surface area contributed by atoms with Gasteiger partial charge in [0.15, 0.2) is 24.6 Å². The first-order valence-corrected chi connectivity index (χ1v) is 9.51. The lowest BCUT2D eigenvalue weighted by Crippen LogP contribution is -3.14. The zero-order valence-electron chi connectivity index (χ0n) is 18.1. The lowest BCUT2D eigenvalue weighted by atomic mass is 10.1. The van der Waals surface area contributed by atoms with Crippen LogP contribution in [0, 0.1) is 6.92 Å². The van der Waals surface area contributed by atoms with Crippen LogP contribution < -0.4 is 19.7 Å². The SMILES string of the molecule is CCOC(=O)NC(=O)C[NH+](CC)CC(=O)N(C)Cc1cc(OC)c(OC)cc1C. The molecule has 2 N–H and O–H groups in total. The number of ether oxygens (including phenoxy) is 3. The van der Waals surface area contributed by atoms with Gasteiger partial charge in [0.25, 0.3) is 11.8 Å². The summed E-state index contributed by atoms with van der Waals surface area (Å²) in [7, 11) is 4.85. The summed E-state index contributed by atoms with van der Waals surface area (Å²) in [5.74, 6) is 0.647. The Morgan fingerprint density at radius 1 is 1.07 bits per heavy atom. The molecule has 29 heavy (non-hydrogen) atoms. The highest BCUT2D eigenvalue weighted by Crippen LogP contribution is 2.30. The molecule has 1 aromatic rings. The zero-order chi connectivity index (χ0) is 22.0. The molecular formula is C20H32N3O6+. The molecule has 1 atom stereocenters. The highest BCUT2D eigenvalue weighted by molar-refractivity contribution is 5.92.